The topological polar surface area (TPSA) is 87.3 Å². The number of rotatable bonds is 5. The predicted molar refractivity (Wildman–Crippen MR) is 115 cm³/mol. The van der Waals surface area contributed by atoms with Gasteiger partial charge in [0.1, 0.15) is 0 Å². The number of amides is 1. The van der Waals surface area contributed by atoms with Crippen LogP contribution in [0.3, 0.4) is 0 Å². The van der Waals surface area contributed by atoms with E-state index in [1.54, 1.807) is 43.4 Å². The third-order valence-electron chi connectivity index (χ3n) is 4.63. The van der Waals surface area contributed by atoms with Crippen LogP contribution in [0.2, 0.25) is 0 Å². The van der Waals surface area contributed by atoms with Gasteiger partial charge in [0, 0.05) is 24.0 Å². The highest BCUT2D eigenvalue weighted by molar-refractivity contribution is 7.92. The molecule has 0 bridgehead atoms. The lowest BCUT2D eigenvalue weighted by molar-refractivity contribution is -0.110. The van der Waals surface area contributed by atoms with Crippen molar-refractivity contribution in [2.45, 2.75) is 4.90 Å². The minimum Gasteiger partial charge on any atom is -0.387 e. The summed E-state index contributed by atoms with van der Waals surface area (Å²) >= 11 is 0. The average Bonchev–Trinajstić information content (AvgIpc) is 3.05. The Morgan fingerprint density at radius 2 is 1.55 bits per heavy atom. The van der Waals surface area contributed by atoms with Crippen molar-refractivity contribution in [1.82, 2.24) is 5.32 Å². The molecule has 4 rings (SSSR count). The first-order valence-corrected chi connectivity index (χ1v) is 10.5. The van der Waals surface area contributed by atoms with Gasteiger partial charge in [-0.2, -0.15) is 0 Å². The molecule has 0 spiro atoms. The molecule has 0 saturated heterocycles. The highest BCUT2D eigenvalue weighted by atomic mass is 32.2. The molecule has 6 nitrogen and oxygen atoms in total. The van der Waals surface area contributed by atoms with Gasteiger partial charge in [0.25, 0.3) is 15.9 Å². The number of anilines is 2. The maximum absolute atomic E-state index is 12.7. The van der Waals surface area contributed by atoms with Crippen molar-refractivity contribution >= 4 is 38.6 Å². The van der Waals surface area contributed by atoms with E-state index in [1.807, 2.05) is 30.3 Å². The van der Waals surface area contributed by atoms with Crippen LogP contribution in [-0.2, 0) is 14.8 Å². The van der Waals surface area contributed by atoms with E-state index < -0.39 is 10.0 Å². The van der Waals surface area contributed by atoms with Crippen LogP contribution in [0, 0.1) is 0 Å². The second-order valence-electron chi connectivity index (χ2n) is 6.50. The molecule has 0 aliphatic carbocycles. The molecule has 7 heteroatoms. The Hall–Kier alpha value is -3.58. The van der Waals surface area contributed by atoms with E-state index in [4.69, 9.17) is 0 Å². The van der Waals surface area contributed by atoms with E-state index in [-0.39, 0.29) is 10.8 Å². The van der Waals surface area contributed by atoms with Crippen LogP contribution in [0.25, 0.3) is 11.3 Å². The van der Waals surface area contributed by atoms with Gasteiger partial charge < -0.3 is 10.6 Å². The van der Waals surface area contributed by atoms with Gasteiger partial charge in [0.15, 0.2) is 0 Å². The van der Waals surface area contributed by atoms with Gasteiger partial charge in [-0.1, -0.05) is 48.5 Å². The molecule has 146 valence electrons. The lowest BCUT2D eigenvalue weighted by atomic mass is 10.00. The standard InChI is InChI=1S/C22H19N3O3S/c1-23-21(15-8-4-2-5-9-15)20-18-14-16(12-13-19(18)24-22(20)26)25-29(27,28)17-10-6-3-7-11-17/h2-14,23,25H,1H3,(H,24,26). The van der Waals surface area contributed by atoms with Crippen LogP contribution >= 0.6 is 0 Å². The first-order chi connectivity index (χ1) is 14.0. The molecule has 0 aromatic heterocycles. The van der Waals surface area contributed by atoms with Crippen molar-refractivity contribution in [3.05, 3.63) is 90.0 Å². The number of nitrogens with one attached hydrogen (secondary N) is 3. The molecule has 0 unspecified atom stereocenters. The van der Waals surface area contributed by atoms with Crippen molar-refractivity contribution in [3.63, 3.8) is 0 Å². The van der Waals surface area contributed by atoms with E-state index in [1.165, 1.54) is 12.1 Å². The second-order valence-corrected chi connectivity index (χ2v) is 8.18. The number of sulfonamides is 1. The van der Waals surface area contributed by atoms with E-state index in [2.05, 4.69) is 15.4 Å². The van der Waals surface area contributed by atoms with E-state index in [0.717, 1.165) is 5.56 Å². The van der Waals surface area contributed by atoms with E-state index >= 15 is 0 Å². The van der Waals surface area contributed by atoms with Crippen LogP contribution in [0.5, 0.6) is 0 Å². The summed E-state index contributed by atoms with van der Waals surface area (Å²) in [6.07, 6.45) is 0. The molecule has 3 N–H and O–H groups in total. The third kappa shape index (κ3) is 3.60. The first kappa shape index (κ1) is 18.8. The maximum Gasteiger partial charge on any atom is 0.261 e. The highest BCUT2D eigenvalue weighted by Crippen LogP contribution is 2.37. The van der Waals surface area contributed by atoms with Gasteiger partial charge >= 0.3 is 0 Å². The normalized spacial score (nSPS) is 14.7. The zero-order valence-corrected chi connectivity index (χ0v) is 16.5. The highest BCUT2D eigenvalue weighted by Gasteiger charge is 2.28. The predicted octanol–water partition coefficient (Wildman–Crippen LogP) is 3.53. The third-order valence-corrected chi connectivity index (χ3v) is 6.03. The lowest BCUT2D eigenvalue weighted by Crippen LogP contribution is -2.13. The van der Waals surface area contributed by atoms with Crippen LogP contribution in [0.4, 0.5) is 11.4 Å². The first-order valence-electron chi connectivity index (χ1n) is 9.01. The van der Waals surface area contributed by atoms with Gasteiger partial charge in [-0.05, 0) is 35.9 Å². The van der Waals surface area contributed by atoms with Gasteiger partial charge in [0.2, 0.25) is 0 Å². The summed E-state index contributed by atoms with van der Waals surface area (Å²) in [5, 5.41) is 5.95. The van der Waals surface area contributed by atoms with Crippen molar-refractivity contribution in [2.75, 3.05) is 17.1 Å². The molecule has 3 aromatic carbocycles. The Balaban J connectivity index is 1.77. The zero-order chi connectivity index (χ0) is 20.4. The molecule has 1 heterocycles. The fourth-order valence-corrected chi connectivity index (χ4v) is 4.38. The van der Waals surface area contributed by atoms with Crippen molar-refractivity contribution in [3.8, 4) is 0 Å². The molecular formula is C22H19N3O3S. The molecule has 3 aromatic rings. The van der Waals surface area contributed by atoms with Gasteiger partial charge in [-0.25, -0.2) is 8.42 Å². The average molecular weight is 405 g/mol. The van der Waals surface area contributed by atoms with Crippen LogP contribution < -0.4 is 15.4 Å². The van der Waals surface area contributed by atoms with Crippen LogP contribution in [-0.4, -0.2) is 21.4 Å². The van der Waals surface area contributed by atoms with E-state index in [0.29, 0.717) is 28.2 Å². The molecule has 1 amide bonds. The summed E-state index contributed by atoms with van der Waals surface area (Å²) in [7, 11) is -1.97. The fraction of sp³-hybridized carbons (Fsp3) is 0.0455. The maximum atomic E-state index is 12.7. The summed E-state index contributed by atoms with van der Waals surface area (Å²) in [6, 6.07) is 22.6. The van der Waals surface area contributed by atoms with Gasteiger partial charge in [-0.3, -0.25) is 9.52 Å². The monoisotopic (exact) mass is 405 g/mol. The molecule has 0 radical (unpaired) electrons. The zero-order valence-electron chi connectivity index (χ0n) is 15.6. The smallest absolute Gasteiger partial charge is 0.261 e. The minimum atomic E-state index is -3.73. The number of carbonyl (C=O) groups excluding carboxylic acids is 1. The molecule has 0 atom stereocenters. The Morgan fingerprint density at radius 1 is 0.897 bits per heavy atom. The van der Waals surface area contributed by atoms with Crippen molar-refractivity contribution in [1.29, 1.82) is 0 Å². The Bertz CT molecular complexity index is 1200. The lowest BCUT2D eigenvalue weighted by Gasteiger charge is -2.12. The number of hydrogen-bond donors (Lipinski definition) is 3. The van der Waals surface area contributed by atoms with Gasteiger partial charge in [0.05, 0.1) is 16.2 Å². The number of benzene rings is 3. The summed E-state index contributed by atoms with van der Waals surface area (Å²) in [5.41, 5.74) is 3.65. The van der Waals surface area contributed by atoms with Crippen LogP contribution in [0.1, 0.15) is 11.1 Å². The molecule has 29 heavy (non-hydrogen) atoms. The SMILES string of the molecule is CNC(=C1C(=O)Nc2ccc(NS(=O)(=O)c3ccccc3)cc21)c1ccccc1. The second kappa shape index (κ2) is 7.44. The number of fused-ring (bicyclic) bond motifs is 1. The summed E-state index contributed by atoms with van der Waals surface area (Å²) < 4.78 is 27.9. The molecular weight excluding hydrogens is 386 g/mol. The van der Waals surface area contributed by atoms with Crippen molar-refractivity contribution in [2.24, 2.45) is 0 Å². The van der Waals surface area contributed by atoms with Crippen molar-refractivity contribution < 1.29 is 13.2 Å². The largest absolute Gasteiger partial charge is 0.387 e. The molecule has 0 fully saturated rings. The fourth-order valence-electron chi connectivity index (χ4n) is 3.31. The minimum absolute atomic E-state index is 0.172. The number of carbonyl (C=O) groups is 1. The quantitative estimate of drug-likeness (QED) is 0.567. The number of hydrogen-bond acceptors (Lipinski definition) is 4. The summed E-state index contributed by atoms with van der Waals surface area (Å²) in [5.74, 6) is -0.240. The Labute approximate surface area is 169 Å². The summed E-state index contributed by atoms with van der Waals surface area (Å²) in [4.78, 5) is 12.8. The summed E-state index contributed by atoms with van der Waals surface area (Å²) in [6.45, 7) is 0. The Morgan fingerprint density at radius 3 is 2.21 bits per heavy atom. The Kier molecular flexibility index (Phi) is 4.82. The molecule has 1 aliphatic heterocycles. The molecule has 1 aliphatic rings. The van der Waals surface area contributed by atoms with E-state index in [9.17, 15) is 13.2 Å². The van der Waals surface area contributed by atoms with Gasteiger partial charge in [-0.15, -0.1) is 0 Å². The molecule has 0 saturated carbocycles. The van der Waals surface area contributed by atoms with Crippen LogP contribution in [0.15, 0.2) is 83.8 Å².